The third kappa shape index (κ3) is 7.97. The van der Waals surface area contributed by atoms with E-state index in [0.29, 0.717) is 15.6 Å². The van der Waals surface area contributed by atoms with Gasteiger partial charge >= 0.3 is 0 Å². The van der Waals surface area contributed by atoms with Crippen LogP contribution in [0.5, 0.6) is 0 Å². The van der Waals surface area contributed by atoms with Crippen molar-refractivity contribution < 1.29 is 18.0 Å². The molecule has 3 aromatic rings. The van der Waals surface area contributed by atoms with Crippen molar-refractivity contribution in [2.24, 2.45) is 0 Å². The number of rotatable bonds is 9. The monoisotopic (exact) mass is 589 g/mol. The molecule has 0 heterocycles. The van der Waals surface area contributed by atoms with E-state index in [9.17, 15) is 18.0 Å². The quantitative estimate of drug-likeness (QED) is 0.340. The van der Waals surface area contributed by atoms with E-state index in [2.05, 4.69) is 5.32 Å². The van der Waals surface area contributed by atoms with Gasteiger partial charge in [0, 0.05) is 22.1 Å². The second-order valence-corrected chi connectivity index (χ2v) is 13.0. The molecule has 39 heavy (non-hydrogen) atoms. The van der Waals surface area contributed by atoms with Gasteiger partial charge in [0.25, 0.3) is 10.0 Å². The van der Waals surface area contributed by atoms with E-state index in [1.807, 2.05) is 20.8 Å². The van der Waals surface area contributed by atoms with Gasteiger partial charge in [-0.1, -0.05) is 59.6 Å². The average Bonchev–Trinajstić information content (AvgIpc) is 2.86. The summed E-state index contributed by atoms with van der Waals surface area (Å²) in [6, 6.07) is 18.7. The number of nitrogens with one attached hydrogen (secondary N) is 1. The Morgan fingerprint density at radius 2 is 1.62 bits per heavy atom. The predicted molar refractivity (Wildman–Crippen MR) is 157 cm³/mol. The number of carbonyl (C=O) groups is 2. The van der Waals surface area contributed by atoms with E-state index in [1.54, 1.807) is 68.4 Å². The lowest BCUT2D eigenvalue weighted by molar-refractivity contribution is -0.140. The van der Waals surface area contributed by atoms with Crippen molar-refractivity contribution in [2.45, 2.75) is 57.6 Å². The van der Waals surface area contributed by atoms with Crippen LogP contribution in [0.1, 0.15) is 38.8 Å². The lowest BCUT2D eigenvalue weighted by Gasteiger charge is -2.33. The predicted octanol–water partition coefficient (Wildman–Crippen LogP) is 5.83. The minimum atomic E-state index is -4.16. The highest BCUT2D eigenvalue weighted by molar-refractivity contribution is 7.92. The molecule has 0 saturated heterocycles. The van der Waals surface area contributed by atoms with Gasteiger partial charge in [0.05, 0.1) is 10.6 Å². The van der Waals surface area contributed by atoms with Crippen molar-refractivity contribution in [1.82, 2.24) is 10.2 Å². The first-order chi connectivity index (χ1) is 18.2. The van der Waals surface area contributed by atoms with Crippen molar-refractivity contribution >= 4 is 50.7 Å². The maximum absolute atomic E-state index is 13.9. The molecule has 0 fully saturated rings. The molecule has 0 aromatic heterocycles. The zero-order chi connectivity index (χ0) is 29.0. The summed E-state index contributed by atoms with van der Waals surface area (Å²) in [5.74, 6) is -0.934. The van der Waals surface area contributed by atoms with E-state index in [4.69, 9.17) is 23.2 Å². The molecule has 7 nitrogen and oxygen atoms in total. The second kappa shape index (κ2) is 12.4. The van der Waals surface area contributed by atoms with Gasteiger partial charge in [0.15, 0.2) is 0 Å². The first kappa shape index (κ1) is 30.5. The Morgan fingerprint density at radius 3 is 2.21 bits per heavy atom. The van der Waals surface area contributed by atoms with Gasteiger partial charge in [0.2, 0.25) is 11.8 Å². The fourth-order valence-corrected chi connectivity index (χ4v) is 5.69. The second-order valence-electron chi connectivity index (χ2n) is 10.3. The van der Waals surface area contributed by atoms with Gasteiger partial charge in [-0.3, -0.25) is 13.9 Å². The maximum atomic E-state index is 13.9. The Kier molecular flexibility index (Phi) is 9.69. The minimum Gasteiger partial charge on any atom is -0.350 e. The van der Waals surface area contributed by atoms with Gasteiger partial charge in [-0.05, 0) is 82.1 Å². The average molecular weight is 591 g/mol. The SMILES string of the molecule is Cc1ccc(N(CC(=O)N(Cc2cccc(Cl)c2)C(C)C(=O)NC(C)(C)C)S(=O)(=O)c2ccccc2)cc1Cl. The molecule has 0 aliphatic rings. The molecule has 1 atom stereocenters. The number of amides is 2. The summed E-state index contributed by atoms with van der Waals surface area (Å²) in [5, 5.41) is 3.74. The third-order valence-corrected chi connectivity index (χ3v) is 8.39. The number of hydrogen-bond donors (Lipinski definition) is 1. The Bertz CT molecular complexity index is 1440. The fraction of sp³-hybridized carbons (Fsp3) is 0.310. The van der Waals surface area contributed by atoms with Crippen molar-refractivity contribution in [3.05, 3.63) is 94.0 Å². The first-order valence-corrected chi connectivity index (χ1v) is 14.6. The summed E-state index contributed by atoms with van der Waals surface area (Å²) < 4.78 is 28.6. The Morgan fingerprint density at radius 1 is 0.949 bits per heavy atom. The largest absolute Gasteiger partial charge is 0.350 e. The Balaban J connectivity index is 2.05. The summed E-state index contributed by atoms with van der Waals surface area (Å²) in [5.41, 5.74) is 1.16. The van der Waals surface area contributed by atoms with Crippen LogP contribution >= 0.6 is 23.2 Å². The highest BCUT2D eigenvalue weighted by atomic mass is 35.5. The minimum absolute atomic E-state index is 0.0226. The Labute approximate surface area is 240 Å². The first-order valence-electron chi connectivity index (χ1n) is 12.4. The summed E-state index contributed by atoms with van der Waals surface area (Å²) in [4.78, 5) is 28.4. The molecule has 1 N–H and O–H groups in total. The number of carbonyl (C=O) groups excluding carboxylic acids is 2. The molecule has 10 heteroatoms. The number of benzene rings is 3. The lowest BCUT2D eigenvalue weighted by atomic mass is 10.1. The molecular weight excluding hydrogens is 557 g/mol. The molecule has 0 bridgehead atoms. The molecule has 1 unspecified atom stereocenters. The lowest BCUT2D eigenvalue weighted by Crippen LogP contribution is -2.54. The number of hydrogen-bond acceptors (Lipinski definition) is 4. The molecule has 3 aromatic carbocycles. The van der Waals surface area contributed by atoms with E-state index in [1.165, 1.54) is 23.1 Å². The van der Waals surface area contributed by atoms with Crippen LogP contribution in [-0.4, -0.2) is 43.3 Å². The van der Waals surface area contributed by atoms with Crippen molar-refractivity contribution in [1.29, 1.82) is 0 Å². The highest BCUT2D eigenvalue weighted by Crippen LogP contribution is 2.28. The van der Waals surface area contributed by atoms with Crippen LogP contribution in [0.2, 0.25) is 10.0 Å². The number of nitrogens with zero attached hydrogens (tertiary/aromatic N) is 2. The van der Waals surface area contributed by atoms with Crippen molar-refractivity contribution in [3.8, 4) is 0 Å². The molecule has 0 aliphatic heterocycles. The molecule has 0 radical (unpaired) electrons. The van der Waals surface area contributed by atoms with Crippen LogP contribution in [0, 0.1) is 6.92 Å². The van der Waals surface area contributed by atoms with Crippen molar-refractivity contribution in [3.63, 3.8) is 0 Å². The van der Waals surface area contributed by atoms with Crippen LogP contribution in [0.25, 0.3) is 0 Å². The zero-order valence-electron chi connectivity index (χ0n) is 22.6. The summed E-state index contributed by atoms with van der Waals surface area (Å²) >= 11 is 12.5. The summed E-state index contributed by atoms with van der Waals surface area (Å²) in [6.07, 6.45) is 0. The molecule has 0 saturated carbocycles. The summed E-state index contributed by atoms with van der Waals surface area (Å²) in [7, 11) is -4.16. The van der Waals surface area contributed by atoms with Crippen LogP contribution in [0.3, 0.4) is 0 Å². The number of aryl methyl sites for hydroxylation is 1. The molecule has 3 rings (SSSR count). The third-order valence-electron chi connectivity index (χ3n) is 5.96. The number of anilines is 1. The highest BCUT2D eigenvalue weighted by Gasteiger charge is 2.33. The van der Waals surface area contributed by atoms with Gasteiger partial charge in [0.1, 0.15) is 12.6 Å². The van der Waals surface area contributed by atoms with Crippen LogP contribution < -0.4 is 9.62 Å². The maximum Gasteiger partial charge on any atom is 0.264 e. The molecule has 208 valence electrons. The standard InChI is InChI=1S/C29H33Cl2N3O4S/c1-20-14-15-24(17-26(20)31)34(39(37,38)25-12-7-6-8-13-25)19-27(35)33(18-22-10-9-11-23(30)16-22)21(2)28(36)32-29(3,4)5/h6-17,21H,18-19H2,1-5H3,(H,32,36). The zero-order valence-corrected chi connectivity index (χ0v) is 24.9. The normalized spacial score (nSPS) is 12.5. The number of sulfonamides is 1. The van der Waals surface area contributed by atoms with E-state index < -0.39 is 34.1 Å². The smallest absolute Gasteiger partial charge is 0.264 e. The fourth-order valence-electron chi connectivity index (χ4n) is 3.87. The Hall–Kier alpha value is -3.07. The van der Waals surface area contributed by atoms with Crippen LogP contribution in [-0.2, 0) is 26.2 Å². The van der Waals surface area contributed by atoms with Gasteiger partial charge in [-0.15, -0.1) is 0 Å². The molecule has 0 spiro atoms. The number of halogens is 2. The van der Waals surface area contributed by atoms with E-state index >= 15 is 0 Å². The molecule has 0 aliphatic carbocycles. The van der Waals surface area contributed by atoms with Crippen molar-refractivity contribution in [2.75, 3.05) is 10.8 Å². The van der Waals surface area contributed by atoms with Gasteiger partial charge in [-0.2, -0.15) is 0 Å². The van der Waals surface area contributed by atoms with Crippen LogP contribution in [0.15, 0.2) is 77.7 Å². The molecule has 2 amide bonds. The van der Waals surface area contributed by atoms with Crippen LogP contribution in [0.4, 0.5) is 5.69 Å². The topological polar surface area (TPSA) is 86.8 Å². The van der Waals surface area contributed by atoms with Gasteiger partial charge < -0.3 is 10.2 Å². The molecular formula is C29H33Cl2N3O4S. The van der Waals surface area contributed by atoms with E-state index in [0.717, 1.165) is 9.87 Å². The summed E-state index contributed by atoms with van der Waals surface area (Å²) in [6.45, 7) is 8.44. The van der Waals surface area contributed by atoms with E-state index in [-0.39, 0.29) is 23.0 Å². The van der Waals surface area contributed by atoms with Gasteiger partial charge in [-0.25, -0.2) is 8.42 Å².